The topological polar surface area (TPSA) is 68.2 Å². The lowest BCUT2D eigenvalue weighted by Gasteiger charge is -2.12. The molecule has 1 heterocycles. The van der Waals surface area contributed by atoms with E-state index in [1.807, 2.05) is 13.8 Å². The number of aromatic nitrogens is 1. The van der Waals surface area contributed by atoms with Crippen LogP contribution in [0.4, 0.5) is 0 Å². The Bertz CT molecular complexity index is 759. The standard InChI is InChI=1S/C12H16N2O3S2/c1-4-8(2)13-19(16,17)9-5-6-10-11(7-9)18-12(15)14(10)3/h5-8,13H,4H2,1-3H3/t8-/m1/s1. The molecule has 0 saturated heterocycles. The lowest BCUT2D eigenvalue weighted by Crippen LogP contribution is -2.31. The van der Waals surface area contributed by atoms with Crippen LogP contribution in [0.2, 0.25) is 0 Å². The molecule has 0 aliphatic carbocycles. The summed E-state index contributed by atoms with van der Waals surface area (Å²) in [5.74, 6) is 0. The van der Waals surface area contributed by atoms with Crippen LogP contribution in [0.25, 0.3) is 10.2 Å². The number of nitrogens with one attached hydrogen (secondary N) is 1. The van der Waals surface area contributed by atoms with E-state index in [1.54, 1.807) is 19.2 Å². The first kappa shape index (κ1) is 14.2. The highest BCUT2D eigenvalue weighted by molar-refractivity contribution is 7.89. The van der Waals surface area contributed by atoms with E-state index in [0.717, 1.165) is 23.3 Å². The fraction of sp³-hybridized carbons (Fsp3) is 0.417. The monoisotopic (exact) mass is 300 g/mol. The van der Waals surface area contributed by atoms with E-state index in [9.17, 15) is 13.2 Å². The number of sulfonamides is 1. The third-order valence-electron chi connectivity index (χ3n) is 3.04. The van der Waals surface area contributed by atoms with Gasteiger partial charge in [-0.1, -0.05) is 18.3 Å². The molecule has 0 aliphatic heterocycles. The van der Waals surface area contributed by atoms with E-state index < -0.39 is 10.0 Å². The molecule has 0 spiro atoms. The highest BCUT2D eigenvalue weighted by atomic mass is 32.2. The van der Waals surface area contributed by atoms with Crippen molar-refractivity contribution in [1.29, 1.82) is 0 Å². The molecule has 1 N–H and O–H groups in total. The minimum absolute atomic E-state index is 0.0977. The highest BCUT2D eigenvalue weighted by Gasteiger charge is 2.17. The average Bonchev–Trinajstić information content (AvgIpc) is 2.64. The predicted octanol–water partition coefficient (Wildman–Crippen LogP) is 1.68. The second kappa shape index (κ2) is 5.07. The van der Waals surface area contributed by atoms with Crippen LogP contribution in [0.5, 0.6) is 0 Å². The SMILES string of the molecule is CC[C@@H](C)NS(=O)(=O)c1ccc2c(c1)sc(=O)n2C. The van der Waals surface area contributed by atoms with Gasteiger partial charge >= 0.3 is 4.87 Å². The summed E-state index contributed by atoms with van der Waals surface area (Å²) in [6.07, 6.45) is 0.722. The zero-order valence-corrected chi connectivity index (χ0v) is 12.6. The van der Waals surface area contributed by atoms with Crippen LogP contribution in [0, 0.1) is 0 Å². The van der Waals surface area contributed by atoms with Gasteiger partial charge in [0, 0.05) is 13.1 Å². The molecule has 1 aromatic heterocycles. The third kappa shape index (κ3) is 2.72. The van der Waals surface area contributed by atoms with E-state index in [-0.39, 0.29) is 15.8 Å². The van der Waals surface area contributed by atoms with Crippen molar-refractivity contribution in [3.63, 3.8) is 0 Å². The number of thiazole rings is 1. The van der Waals surface area contributed by atoms with Crippen LogP contribution < -0.4 is 9.60 Å². The number of nitrogens with zero attached hydrogens (tertiary/aromatic N) is 1. The van der Waals surface area contributed by atoms with Crippen molar-refractivity contribution in [3.05, 3.63) is 27.9 Å². The number of rotatable bonds is 4. The number of hydrogen-bond donors (Lipinski definition) is 1. The van der Waals surface area contributed by atoms with Gasteiger partial charge in [-0.2, -0.15) is 0 Å². The van der Waals surface area contributed by atoms with Crippen LogP contribution in [0.3, 0.4) is 0 Å². The van der Waals surface area contributed by atoms with Crippen LogP contribution >= 0.6 is 11.3 Å². The molecule has 0 aliphatic rings. The predicted molar refractivity (Wildman–Crippen MR) is 77.1 cm³/mol. The van der Waals surface area contributed by atoms with Gasteiger partial charge in [0.05, 0.1) is 15.1 Å². The van der Waals surface area contributed by atoms with Crippen LogP contribution in [0.1, 0.15) is 20.3 Å². The molecule has 1 aromatic carbocycles. The Kier molecular flexibility index (Phi) is 3.80. The van der Waals surface area contributed by atoms with Gasteiger partial charge in [0.2, 0.25) is 10.0 Å². The Hall–Kier alpha value is -1.18. The summed E-state index contributed by atoms with van der Waals surface area (Å²) in [5, 5.41) is 0. The van der Waals surface area contributed by atoms with Crippen molar-refractivity contribution < 1.29 is 8.42 Å². The molecule has 2 rings (SSSR count). The molecule has 7 heteroatoms. The molecule has 0 unspecified atom stereocenters. The zero-order chi connectivity index (χ0) is 14.2. The molecule has 19 heavy (non-hydrogen) atoms. The maximum absolute atomic E-state index is 12.1. The van der Waals surface area contributed by atoms with Crippen molar-refractivity contribution in [3.8, 4) is 0 Å². The van der Waals surface area contributed by atoms with Gasteiger partial charge < -0.3 is 4.57 Å². The number of hydrogen-bond acceptors (Lipinski definition) is 4. The van der Waals surface area contributed by atoms with Crippen LogP contribution in [-0.2, 0) is 17.1 Å². The molecule has 0 amide bonds. The van der Waals surface area contributed by atoms with Crippen LogP contribution in [0.15, 0.2) is 27.9 Å². The first-order valence-electron chi connectivity index (χ1n) is 5.97. The lowest BCUT2D eigenvalue weighted by atomic mass is 10.3. The smallest absolute Gasteiger partial charge is 0.302 e. The maximum atomic E-state index is 12.1. The van der Waals surface area contributed by atoms with Gasteiger partial charge in [0.25, 0.3) is 0 Å². The van der Waals surface area contributed by atoms with E-state index in [0.29, 0.717) is 4.70 Å². The summed E-state index contributed by atoms with van der Waals surface area (Å²) in [6.45, 7) is 3.73. The first-order valence-corrected chi connectivity index (χ1v) is 8.27. The van der Waals surface area contributed by atoms with Crippen molar-refractivity contribution in [1.82, 2.24) is 9.29 Å². The average molecular weight is 300 g/mol. The Morgan fingerprint density at radius 1 is 1.42 bits per heavy atom. The van der Waals surface area contributed by atoms with Crippen molar-refractivity contribution in [2.45, 2.75) is 31.2 Å². The fourth-order valence-electron chi connectivity index (χ4n) is 1.70. The molecule has 104 valence electrons. The van der Waals surface area contributed by atoms with Crippen molar-refractivity contribution in [2.75, 3.05) is 0 Å². The quantitative estimate of drug-likeness (QED) is 0.934. The molecule has 5 nitrogen and oxygen atoms in total. The minimum Gasteiger partial charge on any atom is -0.302 e. The number of benzene rings is 1. The number of aryl methyl sites for hydroxylation is 1. The van der Waals surface area contributed by atoms with Gasteiger partial charge in [-0.15, -0.1) is 0 Å². The van der Waals surface area contributed by atoms with E-state index in [1.165, 1.54) is 10.6 Å². The van der Waals surface area contributed by atoms with Gasteiger partial charge in [-0.05, 0) is 31.5 Å². The minimum atomic E-state index is -3.52. The Morgan fingerprint density at radius 3 is 2.74 bits per heavy atom. The molecule has 0 fully saturated rings. The summed E-state index contributed by atoms with van der Waals surface area (Å²) in [4.78, 5) is 11.6. The second-order valence-electron chi connectivity index (χ2n) is 4.49. The normalized spacial score (nSPS) is 13.8. The van der Waals surface area contributed by atoms with Gasteiger partial charge in [-0.3, -0.25) is 4.79 Å². The van der Waals surface area contributed by atoms with E-state index in [4.69, 9.17) is 0 Å². The van der Waals surface area contributed by atoms with Gasteiger partial charge in [-0.25, -0.2) is 13.1 Å². The Balaban J connectivity index is 2.49. The molecular formula is C12H16N2O3S2. The summed E-state index contributed by atoms with van der Waals surface area (Å²) in [7, 11) is -1.85. The van der Waals surface area contributed by atoms with Crippen LogP contribution in [-0.4, -0.2) is 19.0 Å². The Labute approximate surface area is 115 Å². The highest BCUT2D eigenvalue weighted by Crippen LogP contribution is 2.21. The van der Waals surface area contributed by atoms with Crippen molar-refractivity contribution >= 4 is 31.6 Å². The fourth-order valence-corrected chi connectivity index (χ4v) is 4.04. The largest absolute Gasteiger partial charge is 0.307 e. The maximum Gasteiger partial charge on any atom is 0.307 e. The summed E-state index contributed by atoms with van der Waals surface area (Å²) in [6, 6.07) is 4.62. The summed E-state index contributed by atoms with van der Waals surface area (Å²) < 4.78 is 29.1. The Morgan fingerprint density at radius 2 is 2.11 bits per heavy atom. The second-order valence-corrected chi connectivity index (χ2v) is 7.19. The first-order chi connectivity index (χ1) is 8.85. The molecule has 0 radical (unpaired) electrons. The molecule has 2 aromatic rings. The van der Waals surface area contributed by atoms with Crippen molar-refractivity contribution in [2.24, 2.45) is 7.05 Å². The van der Waals surface area contributed by atoms with Gasteiger partial charge in [0.1, 0.15) is 0 Å². The van der Waals surface area contributed by atoms with Gasteiger partial charge in [0.15, 0.2) is 0 Å². The molecule has 1 atom stereocenters. The van der Waals surface area contributed by atoms with E-state index >= 15 is 0 Å². The zero-order valence-electron chi connectivity index (χ0n) is 11.0. The van der Waals surface area contributed by atoms with E-state index in [2.05, 4.69) is 4.72 Å². The summed E-state index contributed by atoms with van der Waals surface area (Å²) >= 11 is 1.05. The molecular weight excluding hydrogens is 284 g/mol. The lowest BCUT2D eigenvalue weighted by molar-refractivity contribution is 0.556. The number of fused-ring (bicyclic) bond motifs is 1. The summed E-state index contributed by atoms with van der Waals surface area (Å²) in [5.41, 5.74) is 0.748. The molecule has 0 saturated carbocycles. The third-order valence-corrected chi connectivity index (χ3v) is 5.63. The molecule has 0 bridgehead atoms.